The average Bonchev–Trinajstić information content (AvgIpc) is 2.54. The van der Waals surface area contributed by atoms with E-state index in [1.54, 1.807) is 7.11 Å². The summed E-state index contributed by atoms with van der Waals surface area (Å²) >= 11 is 0. The van der Waals surface area contributed by atoms with Gasteiger partial charge >= 0.3 is 0 Å². The van der Waals surface area contributed by atoms with Gasteiger partial charge in [0.25, 0.3) is 0 Å². The molecule has 0 spiro atoms. The lowest BCUT2D eigenvalue weighted by Crippen LogP contribution is -2.39. The van der Waals surface area contributed by atoms with E-state index in [4.69, 9.17) is 10.5 Å². The van der Waals surface area contributed by atoms with Crippen LogP contribution in [0.15, 0.2) is 29.3 Å². The number of anilines is 1. The van der Waals surface area contributed by atoms with E-state index in [1.165, 1.54) is 32.5 Å². The van der Waals surface area contributed by atoms with Crippen molar-refractivity contribution in [2.24, 2.45) is 22.6 Å². The van der Waals surface area contributed by atoms with Gasteiger partial charge in [0.05, 0.1) is 7.11 Å². The molecule has 5 nitrogen and oxygen atoms in total. The van der Waals surface area contributed by atoms with Crippen LogP contribution in [0, 0.1) is 11.8 Å². The van der Waals surface area contributed by atoms with Crippen LogP contribution in [0.3, 0.4) is 0 Å². The molecule has 1 aliphatic rings. The third-order valence-electron chi connectivity index (χ3n) is 4.45. The molecule has 1 aliphatic heterocycles. The van der Waals surface area contributed by atoms with E-state index in [9.17, 15) is 0 Å². The van der Waals surface area contributed by atoms with Crippen molar-refractivity contribution in [1.29, 1.82) is 0 Å². The highest BCUT2D eigenvalue weighted by molar-refractivity contribution is 5.92. The molecule has 1 heterocycles. The minimum atomic E-state index is 0.462. The van der Waals surface area contributed by atoms with E-state index in [0.717, 1.165) is 36.2 Å². The molecule has 1 saturated heterocycles. The minimum absolute atomic E-state index is 0.462. The number of hydrogen-bond donors (Lipinski definition) is 2. The molecule has 24 heavy (non-hydrogen) atoms. The quantitative estimate of drug-likeness (QED) is 0.457. The summed E-state index contributed by atoms with van der Waals surface area (Å²) in [7, 11) is 1.65. The lowest BCUT2D eigenvalue weighted by atomic mass is 9.92. The zero-order valence-electron chi connectivity index (χ0n) is 15.3. The summed E-state index contributed by atoms with van der Waals surface area (Å²) in [6, 6.07) is 7.68. The first-order chi connectivity index (χ1) is 11.6. The summed E-state index contributed by atoms with van der Waals surface area (Å²) in [5.74, 6) is 2.92. The van der Waals surface area contributed by atoms with E-state index < -0.39 is 0 Å². The predicted molar refractivity (Wildman–Crippen MR) is 102 cm³/mol. The minimum Gasteiger partial charge on any atom is -0.497 e. The molecule has 2 rings (SSSR count). The van der Waals surface area contributed by atoms with E-state index in [2.05, 4.69) is 29.1 Å². The number of benzene rings is 1. The standard InChI is InChI=1S/C19H32N4O/c1-15-11-16(2)14-23(13-15)10-5-4-9-21-19(20)22-17-7-6-8-18(12-17)24-3/h6-8,12,15-16H,4-5,9-11,13-14H2,1-3H3,(H3,20,21,22). The number of methoxy groups -OCH3 is 1. The summed E-state index contributed by atoms with van der Waals surface area (Å²) in [6.45, 7) is 9.14. The first kappa shape index (κ1) is 18.6. The highest BCUT2D eigenvalue weighted by Crippen LogP contribution is 2.21. The van der Waals surface area contributed by atoms with Gasteiger partial charge in [-0.25, -0.2) is 0 Å². The van der Waals surface area contributed by atoms with Gasteiger partial charge in [-0.05, 0) is 49.8 Å². The Morgan fingerprint density at radius 1 is 1.29 bits per heavy atom. The van der Waals surface area contributed by atoms with Crippen LogP contribution in [0.5, 0.6) is 5.75 Å². The van der Waals surface area contributed by atoms with Crippen molar-refractivity contribution in [3.05, 3.63) is 24.3 Å². The molecule has 134 valence electrons. The zero-order valence-corrected chi connectivity index (χ0v) is 15.3. The van der Waals surface area contributed by atoms with Crippen LogP contribution in [-0.2, 0) is 0 Å². The maximum absolute atomic E-state index is 5.95. The molecular formula is C19H32N4O. The number of rotatable bonds is 7. The number of guanidine groups is 1. The number of aliphatic imine (C=N–C) groups is 1. The second-order valence-electron chi connectivity index (χ2n) is 7.04. The first-order valence-electron chi connectivity index (χ1n) is 9.00. The van der Waals surface area contributed by atoms with Crippen LogP contribution in [-0.4, -0.2) is 44.1 Å². The smallest absolute Gasteiger partial charge is 0.193 e. The van der Waals surface area contributed by atoms with Crippen molar-refractivity contribution in [1.82, 2.24) is 4.90 Å². The van der Waals surface area contributed by atoms with Gasteiger partial charge in [-0.2, -0.15) is 0 Å². The second-order valence-corrected chi connectivity index (χ2v) is 7.04. The van der Waals surface area contributed by atoms with Gasteiger partial charge in [-0.3, -0.25) is 4.99 Å². The molecule has 0 aliphatic carbocycles. The van der Waals surface area contributed by atoms with Crippen molar-refractivity contribution in [2.75, 3.05) is 38.6 Å². The highest BCUT2D eigenvalue weighted by atomic mass is 16.5. The van der Waals surface area contributed by atoms with Gasteiger partial charge in [0, 0.05) is 31.4 Å². The monoisotopic (exact) mass is 332 g/mol. The fourth-order valence-electron chi connectivity index (χ4n) is 3.51. The van der Waals surface area contributed by atoms with Crippen molar-refractivity contribution in [3.8, 4) is 5.75 Å². The van der Waals surface area contributed by atoms with Crippen LogP contribution in [0.25, 0.3) is 0 Å². The number of ether oxygens (including phenoxy) is 1. The molecule has 3 N–H and O–H groups in total. The molecule has 0 radical (unpaired) electrons. The Morgan fingerprint density at radius 2 is 2.04 bits per heavy atom. The Balaban J connectivity index is 1.66. The highest BCUT2D eigenvalue weighted by Gasteiger charge is 2.20. The number of unbranched alkanes of at least 4 members (excludes halogenated alkanes) is 1. The number of nitrogens with zero attached hydrogens (tertiary/aromatic N) is 2. The van der Waals surface area contributed by atoms with Gasteiger partial charge in [-0.15, -0.1) is 0 Å². The Bertz CT molecular complexity index is 522. The summed E-state index contributed by atoms with van der Waals surface area (Å²) in [4.78, 5) is 7.01. The van der Waals surface area contributed by atoms with Crippen LogP contribution >= 0.6 is 0 Å². The number of likely N-dealkylation sites (tertiary alicyclic amines) is 1. The third kappa shape index (κ3) is 6.40. The second kappa shape index (κ2) is 9.52. The lowest BCUT2D eigenvalue weighted by molar-refractivity contribution is 0.139. The number of nitrogens with two attached hydrogens (primary N) is 1. The summed E-state index contributed by atoms with van der Waals surface area (Å²) in [5, 5.41) is 3.11. The van der Waals surface area contributed by atoms with E-state index in [1.807, 2.05) is 24.3 Å². The van der Waals surface area contributed by atoms with Crippen molar-refractivity contribution < 1.29 is 4.74 Å². The fraction of sp³-hybridized carbons (Fsp3) is 0.632. The van der Waals surface area contributed by atoms with Gasteiger partial charge in [0.2, 0.25) is 0 Å². The Kier molecular flexibility index (Phi) is 7.37. The van der Waals surface area contributed by atoms with Gasteiger partial charge in [-0.1, -0.05) is 19.9 Å². The number of nitrogens with one attached hydrogen (secondary N) is 1. The topological polar surface area (TPSA) is 62.9 Å². The van der Waals surface area contributed by atoms with Crippen molar-refractivity contribution >= 4 is 11.6 Å². The maximum Gasteiger partial charge on any atom is 0.193 e. The molecule has 1 aromatic rings. The maximum atomic E-state index is 5.95. The van der Waals surface area contributed by atoms with Crippen molar-refractivity contribution in [2.45, 2.75) is 33.1 Å². The van der Waals surface area contributed by atoms with E-state index in [-0.39, 0.29) is 0 Å². The predicted octanol–water partition coefficient (Wildman–Crippen LogP) is 3.18. The largest absolute Gasteiger partial charge is 0.497 e. The summed E-state index contributed by atoms with van der Waals surface area (Å²) < 4.78 is 5.20. The van der Waals surface area contributed by atoms with Crippen LogP contribution in [0.2, 0.25) is 0 Å². The number of hydrogen-bond acceptors (Lipinski definition) is 3. The Labute approximate surface area is 146 Å². The molecule has 2 unspecified atom stereocenters. The van der Waals surface area contributed by atoms with E-state index >= 15 is 0 Å². The molecular weight excluding hydrogens is 300 g/mol. The first-order valence-corrected chi connectivity index (χ1v) is 9.00. The van der Waals surface area contributed by atoms with Crippen LogP contribution in [0.4, 0.5) is 5.69 Å². The Morgan fingerprint density at radius 3 is 2.75 bits per heavy atom. The van der Waals surface area contributed by atoms with Crippen LogP contribution < -0.4 is 15.8 Å². The van der Waals surface area contributed by atoms with E-state index in [0.29, 0.717) is 5.96 Å². The third-order valence-corrected chi connectivity index (χ3v) is 4.45. The van der Waals surface area contributed by atoms with Gasteiger partial charge in [0.15, 0.2) is 5.96 Å². The normalized spacial score (nSPS) is 22.4. The van der Waals surface area contributed by atoms with Crippen LogP contribution in [0.1, 0.15) is 33.1 Å². The fourth-order valence-corrected chi connectivity index (χ4v) is 3.51. The molecule has 5 heteroatoms. The lowest BCUT2D eigenvalue weighted by Gasteiger charge is -2.34. The molecule has 1 aromatic carbocycles. The molecule has 0 amide bonds. The zero-order chi connectivity index (χ0) is 17.4. The van der Waals surface area contributed by atoms with Gasteiger partial charge in [0.1, 0.15) is 5.75 Å². The molecule has 0 bridgehead atoms. The molecule has 0 aromatic heterocycles. The SMILES string of the molecule is COc1cccc(NC(N)=NCCCCN2CC(C)CC(C)C2)c1. The summed E-state index contributed by atoms with van der Waals surface area (Å²) in [6.07, 6.45) is 3.61. The molecule has 1 fully saturated rings. The Hall–Kier alpha value is -1.75. The molecule has 0 saturated carbocycles. The van der Waals surface area contributed by atoms with Gasteiger partial charge < -0.3 is 20.7 Å². The number of piperidine rings is 1. The average molecular weight is 332 g/mol. The summed E-state index contributed by atoms with van der Waals surface area (Å²) in [5.41, 5.74) is 6.84. The molecule has 2 atom stereocenters. The van der Waals surface area contributed by atoms with Crippen molar-refractivity contribution in [3.63, 3.8) is 0 Å².